The van der Waals surface area contributed by atoms with E-state index in [0.717, 1.165) is 22.9 Å². The highest BCUT2D eigenvalue weighted by Crippen LogP contribution is 2.46. The van der Waals surface area contributed by atoms with Gasteiger partial charge in [-0.25, -0.2) is 0 Å². The maximum absolute atomic E-state index is 13.7. The summed E-state index contributed by atoms with van der Waals surface area (Å²) < 4.78 is 13.1. The van der Waals surface area contributed by atoms with Crippen LogP contribution in [0.15, 0.2) is 53.0 Å². The minimum absolute atomic E-state index is 0.0811. The van der Waals surface area contributed by atoms with Gasteiger partial charge in [-0.15, -0.1) is 0 Å². The van der Waals surface area contributed by atoms with Crippen molar-refractivity contribution in [3.8, 4) is 0 Å². The first-order chi connectivity index (χ1) is 15.5. The van der Waals surface area contributed by atoms with Gasteiger partial charge in [0.2, 0.25) is 11.7 Å². The lowest BCUT2D eigenvalue weighted by Crippen LogP contribution is -2.53. The Labute approximate surface area is 198 Å². The van der Waals surface area contributed by atoms with Gasteiger partial charge in [0.05, 0.1) is 25.7 Å². The topological polar surface area (TPSA) is 50.8 Å². The third-order valence-corrected chi connectivity index (χ3v) is 8.08. The van der Waals surface area contributed by atoms with Crippen molar-refractivity contribution in [2.24, 2.45) is 5.92 Å². The van der Waals surface area contributed by atoms with E-state index in [-0.39, 0.29) is 23.8 Å². The molecule has 0 aliphatic carbocycles. The van der Waals surface area contributed by atoms with Crippen LogP contribution in [0.2, 0.25) is 0 Å². The van der Waals surface area contributed by atoms with Crippen LogP contribution in [0.25, 0.3) is 0 Å². The van der Waals surface area contributed by atoms with E-state index in [1.54, 1.807) is 0 Å². The van der Waals surface area contributed by atoms with E-state index >= 15 is 0 Å². The number of fused-ring (bicyclic) bond motifs is 2. The SMILES string of the molecule is Cc1ccc([C@H]2C[C@@H]3CC[C@H]([C@H]2C(=O)NCC2(c4cccc(Br)c4)OCCO2)N3C)cc1. The first kappa shape index (κ1) is 22.1. The minimum atomic E-state index is -0.933. The van der Waals surface area contributed by atoms with Gasteiger partial charge in [-0.05, 0) is 56.8 Å². The second-order valence-corrected chi connectivity index (χ2v) is 10.3. The fourth-order valence-electron chi connectivity index (χ4n) is 5.85. The van der Waals surface area contributed by atoms with Crippen LogP contribution in [0.5, 0.6) is 0 Å². The van der Waals surface area contributed by atoms with Crippen molar-refractivity contribution in [1.29, 1.82) is 0 Å². The number of amides is 1. The molecular formula is C26H31BrN2O3. The molecular weight excluding hydrogens is 468 g/mol. The van der Waals surface area contributed by atoms with Crippen LogP contribution in [-0.2, 0) is 20.1 Å². The predicted molar refractivity (Wildman–Crippen MR) is 127 cm³/mol. The van der Waals surface area contributed by atoms with Crippen LogP contribution in [0, 0.1) is 12.8 Å². The molecule has 2 aromatic carbocycles. The molecule has 4 atom stereocenters. The van der Waals surface area contributed by atoms with Gasteiger partial charge in [-0.2, -0.15) is 0 Å². The lowest BCUT2D eigenvalue weighted by Gasteiger charge is -2.42. The van der Waals surface area contributed by atoms with Gasteiger partial charge in [0, 0.05) is 22.1 Å². The fourth-order valence-corrected chi connectivity index (χ4v) is 6.25. The van der Waals surface area contributed by atoms with Gasteiger partial charge in [-0.1, -0.05) is 57.9 Å². The number of halogens is 1. The van der Waals surface area contributed by atoms with Gasteiger partial charge in [-0.3, -0.25) is 9.69 Å². The number of hydrogen-bond donors (Lipinski definition) is 1. The zero-order chi connectivity index (χ0) is 22.3. The van der Waals surface area contributed by atoms with E-state index in [2.05, 4.69) is 64.4 Å². The zero-order valence-electron chi connectivity index (χ0n) is 18.7. The largest absolute Gasteiger partial charge is 0.350 e. The summed E-state index contributed by atoms with van der Waals surface area (Å²) in [4.78, 5) is 16.2. The molecule has 2 aromatic rings. The lowest BCUT2D eigenvalue weighted by atomic mass is 9.75. The molecule has 32 heavy (non-hydrogen) atoms. The summed E-state index contributed by atoms with van der Waals surface area (Å²) in [6, 6.07) is 17.5. The number of hydrogen-bond acceptors (Lipinski definition) is 4. The van der Waals surface area contributed by atoms with Crippen molar-refractivity contribution in [3.05, 3.63) is 69.7 Å². The Hall–Kier alpha value is -1.73. The predicted octanol–water partition coefficient (Wildman–Crippen LogP) is 4.34. The molecule has 6 heteroatoms. The lowest BCUT2D eigenvalue weighted by molar-refractivity contribution is -0.166. The van der Waals surface area contributed by atoms with E-state index < -0.39 is 5.79 Å². The van der Waals surface area contributed by atoms with Gasteiger partial charge >= 0.3 is 0 Å². The van der Waals surface area contributed by atoms with Crippen molar-refractivity contribution >= 4 is 21.8 Å². The molecule has 0 aromatic heterocycles. The van der Waals surface area contributed by atoms with Crippen LogP contribution >= 0.6 is 15.9 Å². The number of rotatable bonds is 5. The Kier molecular flexibility index (Phi) is 6.14. The van der Waals surface area contributed by atoms with Crippen LogP contribution in [0.1, 0.15) is 41.9 Å². The molecule has 5 nitrogen and oxygen atoms in total. The molecule has 0 saturated carbocycles. The molecule has 0 radical (unpaired) electrons. The highest BCUT2D eigenvalue weighted by molar-refractivity contribution is 9.10. The number of nitrogens with one attached hydrogen (secondary N) is 1. The number of carbonyl (C=O) groups excluding carboxylic acids is 1. The van der Waals surface area contributed by atoms with E-state index in [1.165, 1.54) is 17.5 Å². The molecule has 1 amide bonds. The van der Waals surface area contributed by atoms with Crippen LogP contribution < -0.4 is 5.32 Å². The van der Waals surface area contributed by atoms with Crippen molar-refractivity contribution in [2.75, 3.05) is 26.8 Å². The summed E-state index contributed by atoms with van der Waals surface area (Å²) >= 11 is 3.54. The molecule has 1 N–H and O–H groups in total. The number of piperidine rings is 1. The number of carbonyl (C=O) groups is 1. The Balaban J connectivity index is 1.39. The molecule has 3 aliphatic heterocycles. The van der Waals surface area contributed by atoms with E-state index in [1.807, 2.05) is 24.3 Å². The van der Waals surface area contributed by atoms with Gasteiger partial charge in [0.1, 0.15) is 0 Å². The highest BCUT2D eigenvalue weighted by atomic mass is 79.9. The first-order valence-electron chi connectivity index (χ1n) is 11.6. The van der Waals surface area contributed by atoms with Gasteiger partial charge < -0.3 is 14.8 Å². The van der Waals surface area contributed by atoms with Crippen LogP contribution in [0.4, 0.5) is 0 Å². The third-order valence-electron chi connectivity index (χ3n) is 7.59. The first-order valence-corrected chi connectivity index (χ1v) is 12.4. The second kappa shape index (κ2) is 8.90. The molecule has 3 saturated heterocycles. The summed E-state index contributed by atoms with van der Waals surface area (Å²) in [6.45, 7) is 3.45. The number of ether oxygens (including phenoxy) is 2. The maximum Gasteiger partial charge on any atom is 0.225 e. The smallest absolute Gasteiger partial charge is 0.225 e. The summed E-state index contributed by atoms with van der Waals surface area (Å²) in [5.41, 5.74) is 3.44. The fraction of sp³-hybridized carbons (Fsp3) is 0.500. The summed E-state index contributed by atoms with van der Waals surface area (Å²) in [7, 11) is 2.18. The van der Waals surface area contributed by atoms with Crippen molar-refractivity contribution in [2.45, 2.75) is 50.0 Å². The van der Waals surface area contributed by atoms with Crippen LogP contribution in [-0.4, -0.2) is 49.7 Å². The highest BCUT2D eigenvalue weighted by Gasteiger charge is 2.49. The molecule has 3 heterocycles. The zero-order valence-corrected chi connectivity index (χ0v) is 20.3. The van der Waals surface area contributed by atoms with Crippen LogP contribution in [0.3, 0.4) is 0 Å². The molecule has 3 fully saturated rings. The van der Waals surface area contributed by atoms with E-state index in [9.17, 15) is 4.79 Å². The average Bonchev–Trinajstić information content (AvgIpc) is 3.35. The van der Waals surface area contributed by atoms with Crippen molar-refractivity contribution < 1.29 is 14.3 Å². The van der Waals surface area contributed by atoms with E-state index in [4.69, 9.17) is 9.47 Å². The Bertz CT molecular complexity index is 973. The molecule has 0 spiro atoms. The summed E-state index contributed by atoms with van der Waals surface area (Å²) in [5, 5.41) is 3.24. The number of aryl methyl sites for hydroxylation is 1. The Morgan fingerprint density at radius 1 is 1.16 bits per heavy atom. The summed E-state index contributed by atoms with van der Waals surface area (Å²) in [6.07, 6.45) is 3.27. The minimum Gasteiger partial charge on any atom is -0.350 e. The van der Waals surface area contributed by atoms with Gasteiger partial charge in [0.15, 0.2) is 0 Å². The maximum atomic E-state index is 13.7. The molecule has 3 aliphatic rings. The molecule has 2 bridgehead atoms. The Morgan fingerprint density at radius 2 is 1.91 bits per heavy atom. The average molecular weight is 499 g/mol. The summed E-state index contributed by atoms with van der Waals surface area (Å²) in [5.74, 6) is -0.683. The quantitative estimate of drug-likeness (QED) is 0.665. The third kappa shape index (κ3) is 4.03. The molecule has 170 valence electrons. The van der Waals surface area contributed by atoms with Crippen molar-refractivity contribution in [1.82, 2.24) is 10.2 Å². The molecule has 0 unspecified atom stereocenters. The van der Waals surface area contributed by atoms with Gasteiger partial charge in [0.25, 0.3) is 0 Å². The Morgan fingerprint density at radius 3 is 2.62 bits per heavy atom. The second-order valence-electron chi connectivity index (χ2n) is 9.42. The number of benzene rings is 2. The van der Waals surface area contributed by atoms with E-state index in [0.29, 0.717) is 25.8 Å². The monoisotopic (exact) mass is 498 g/mol. The van der Waals surface area contributed by atoms with Crippen molar-refractivity contribution in [3.63, 3.8) is 0 Å². The standard InChI is InChI=1S/C26H31BrN2O3/c1-17-6-8-18(9-7-17)22-15-21-10-11-23(29(21)2)24(22)25(30)28-16-26(31-12-13-32-26)19-4-3-5-20(27)14-19/h3-9,14,21-24H,10-13,15-16H2,1-2H3,(H,28,30)/t21-,22+,23+,24-/m0/s1. The number of nitrogens with zero attached hydrogens (tertiary/aromatic N) is 1. The normalized spacial score (nSPS) is 29.2. The molecule has 5 rings (SSSR count).